The van der Waals surface area contributed by atoms with Crippen LogP contribution in [0.2, 0.25) is 0 Å². The molecule has 8 heteroatoms. The van der Waals surface area contributed by atoms with Crippen molar-refractivity contribution < 1.29 is 18.7 Å². The number of nitrogens with zero attached hydrogens (tertiary/aromatic N) is 2. The zero-order chi connectivity index (χ0) is 16.8. The molecule has 23 heavy (non-hydrogen) atoms. The normalized spacial score (nSPS) is 13.4. The summed E-state index contributed by atoms with van der Waals surface area (Å²) < 4.78 is 28.1. The predicted octanol–water partition coefficient (Wildman–Crippen LogP) is 1.58. The third-order valence-corrected chi connectivity index (χ3v) is 3.20. The van der Waals surface area contributed by atoms with Crippen LogP contribution in [0.25, 0.3) is 0 Å². The van der Waals surface area contributed by atoms with E-state index >= 15 is 0 Å². The molecule has 6 nitrogen and oxygen atoms in total. The van der Waals surface area contributed by atoms with E-state index in [1.54, 1.807) is 18.7 Å². The predicted molar refractivity (Wildman–Crippen MR) is 79.5 cm³/mol. The van der Waals surface area contributed by atoms with E-state index < -0.39 is 23.8 Å². The van der Waals surface area contributed by atoms with Gasteiger partial charge in [0.1, 0.15) is 11.6 Å². The van der Waals surface area contributed by atoms with Crippen molar-refractivity contribution in [3.63, 3.8) is 0 Å². The number of carbonyl (C=O) groups excluding carboxylic acids is 1. The summed E-state index contributed by atoms with van der Waals surface area (Å²) in [4.78, 5) is 15.6. The lowest BCUT2D eigenvalue weighted by molar-refractivity contribution is 0.168. The smallest absolute Gasteiger partial charge is 0.315 e. The molecule has 0 aliphatic rings. The highest BCUT2D eigenvalue weighted by Crippen LogP contribution is 2.17. The van der Waals surface area contributed by atoms with E-state index in [2.05, 4.69) is 15.6 Å². The molecule has 124 valence electrons. The Bertz CT molecular complexity index is 649. The zero-order valence-corrected chi connectivity index (χ0v) is 12.5. The van der Waals surface area contributed by atoms with Crippen molar-refractivity contribution in [3.8, 4) is 0 Å². The number of benzene rings is 1. The van der Waals surface area contributed by atoms with Gasteiger partial charge in [0.05, 0.1) is 12.4 Å². The van der Waals surface area contributed by atoms with Gasteiger partial charge in [0, 0.05) is 43.2 Å². The number of imidazole rings is 1. The van der Waals surface area contributed by atoms with E-state index in [1.807, 2.05) is 11.5 Å². The lowest BCUT2D eigenvalue weighted by Gasteiger charge is -2.17. The molecule has 0 radical (unpaired) electrons. The second-order valence-corrected chi connectivity index (χ2v) is 5.20. The molecule has 0 aliphatic carbocycles. The molecule has 2 atom stereocenters. The summed E-state index contributed by atoms with van der Waals surface area (Å²) in [6.07, 6.45) is 3.79. The lowest BCUT2D eigenvalue weighted by atomic mass is 10.1. The number of aliphatic hydroxyl groups excluding tert-OH is 1. The number of aliphatic hydroxyl groups is 1. The van der Waals surface area contributed by atoms with Crippen LogP contribution in [-0.2, 0) is 6.54 Å². The summed E-state index contributed by atoms with van der Waals surface area (Å²) in [5.74, 6) is -1.58. The SMILES string of the molecule is C[C@H](Cn1ccnc1)NC(=O)NC[C@@H](O)c1ccc(F)cc1F. The Labute approximate surface area is 132 Å². The van der Waals surface area contributed by atoms with Gasteiger partial charge in [-0.3, -0.25) is 0 Å². The third kappa shape index (κ3) is 5.03. The van der Waals surface area contributed by atoms with Crippen LogP contribution in [-0.4, -0.2) is 33.3 Å². The number of nitrogens with one attached hydrogen (secondary N) is 2. The van der Waals surface area contributed by atoms with Crippen molar-refractivity contribution >= 4 is 6.03 Å². The quantitative estimate of drug-likeness (QED) is 0.755. The number of aromatic nitrogens is 2. The lowest BCUT2D eigenvalue weighted by Crippen LogP contribution is -2.43. The molecular formula is C15H18F2N4O2. The van der Waals surface area contributed by atoms with Gasteiger partial charge in [-0.2, -0.15) is 0 Å². The Balaban J connectivity index is 1.79. The van der Waals surface area contributed by atoms with E-state index in [1.165, 1.54) is 0 Å². The molecule has 2 aromatic rings. The third-order valence-electron chi connectivity index (χ3n) is 3.20. The van der Waals surface area contributed by atoms with Gasteiger partial charge in [-0.1, -0.05) is 6.07 Å². The van der Waals surface area contributed by atoms with Crippen molar-refractivity contribution in [3.05, 3.63) is 54.1 Å². The largest absolute Gasteiger partial charge is 0.386 e. The maximum atomic E-state index is 13.5. The number of hydrogen-bond donors (Lipinski definition) is 3. The topological polar surface area (TPSA) is 79.2 Å². The van der Waals surface area contributed by atoms with Gasteiger partial charge in [0.25, 0.3) is 0 Å². The monoisotopic (exact) mass is 324 g/mol. The van der Waals surface area contributed by atoms with Gasteiger partial charge in [0.2, 0.25) is 0 Å². The van der Waals surface area contributed by atoms with E-state index in [-0.39, 0.29) is 18.2 Å². The standard InChI is InChI=1S/C15H18F2N4O2/c1-10(8-21-5-4-18-9-21)20-15(23)19-7-14(22)12-3-2-11(16)6-13(12)17/h2-6,9-10,14,22H,7-8H2,1H3,(H2,19,20,23)/t10-,14-/m1/s1. The maximum Gasteiger partial charge on any atom is 0.315 e. The Morgan fingerprint density at radius 3 is 2.87 bits per heavy atom. The van der Waals surface area contributed by atoms with Crippen molar-refractivity contribution in [2.24, 2.45) is 0 Å². The summed E-state index contributed by atoms with van der Waals surface area (Å²) in [6, 6.07) is 2.24. The molecule has 3 N–H and O–H groups in total. The molecule has 0 saturated carbocycles. The molecule has 0 aliphatic heterocycles. The number of rotatable bonds is 6. The Hall–Kier alpha value is -2.48. The highest BCUT2D eigenvalue weighted by molar-refractivity contribution is 5.74. The molecule has 0 fully saturated rings. The summed E-state index contributed by atoms with van der Waals surface area (Å²) in [7, 11) is 0. The summed E-state index contributed by atoms with van der Waals surface area (Å²) in [5, 5.41) is 15.0. The van der Waals surface area contributed by atoms with E-state index in [4.69, 9.17) is 0 Å². The van der Waals surface area contributed by atoms with Crippen molar-refractivity contribution in [2.45, 2.75) is 25.6 Å². The Morgan fingerprint density at radius 1 is 1.43 bits per heavy atom. The average Bonchev–Trinajstić information content (AvgIpc) is 2.97. The first-order valence-corrected chi connectivity index (χ1v) is 7.09. The van der Waals surface area contributed by atoms with E-state index in [9.17, 15) is 18.7 Å². The van der Waals surface area contributed by atoms with Crippen LogP contribution in [0.3, 0.4) is 0 Å². The molecular weight excluding hydrogens is 306 g/mol. The van der Waals surface area contributed by atoms with Crippen LogP contribution in [0.5, 0.6) is 0 Å². The first-order chi connectivity index (χ1) is 11.0. The average molecular weight is 324 g/mol. The second kappa shape index (κ2) is 7.68. The molecule has 0 spiro atoms. The molecule has 0 unspecified atom stereocenters. The van der Waals surface area contributed by atoms with Gasteiger partial charge in [-0.15, -0.1) is 0 Å². The highest BCUT2D eigenvalue weighted by Gasteiger charge is 2.15. The number of halogens is 2. The molecule has 2 rings (SSSR count). The molecule has 1 heterocycles. The van der Waals surface area contributed by atoms with Crippen LogP contribution >= 0.6 is 0 Å². The second-order valence-electron chi connectivity index (χ2n) is 5.20. The van der Waals surface area contributed by atoms with Crippen LogP contribution in [0.15, 0.2) is 36.9 Å². The van der Waals surface area contributed by atoms with Gasteiger partial charge in [-0.05, 0) is 13.0 Å². The van der Waals surface area contributed by atoms with Crippen LogP contribution in [0, 0.1) is 11.6 Å². The number of carbonyl (C=O) groups is 1. The summed E-state index contributed by atoms with van der Waals surface area (Å²) in [5.41, 5.74) is -0.0711. The van der Waals surface area contributed by atoms with Crippen LogP contribution in [0.1, 0.15) is 18.6 Å². The van der Waals surface area contributed by atoms with E-state index in [0.717, 1.165) is 12.1 Å². The molecule has 1 aromatic heterocycles. The molecule has 0 bridgehead atoms. The van der Waals surface area contributed by atoms with Crippen LogP contribution in [0.4, 0.5) is 13.6 Å². The highest BCUT2D eigenvalue weighted by atomic mass is 19.1. The van der Waals surface area contributed by atoms with Crippen molar-refractivity contribution in [1.29, 1.82) is 0 Å². The summed E-state index contributed by atoms with van der Waals surface area (Å²) in [6.45, 7) is 2.17. The van der Waals surface area contributed by atoms with Crippen molar-refractivity contribution in [2.75, 3.05) is 6.54 Å². The van der Waals surface area contributed by atoms with Gasteiger partial charge in [0.15, 0.2) is 0 Å². The summed E-state index contributed by atoms with van der Waals surface area (Å²) >= 11 is 0. The Morgan fingerprint density at radius 2 is 2.22 bits per heavy atom. The van der Waals surface area contributed by atoms with Gasteiger partial charge < -0.3 is 20.3 Å². The minimum Gasteiger partial charge on any atom is -0.386 e. The number of urea groups is 1. The fraction of sp³-hybridized carbons (Fsp3) is 0.333. The fourth-order valence-corrected chi connectivity index (χ4v) is 2.10. The van der Waals surface area contributed by atoms with E-state index in [0.29, 0.717) is 12.6 Å². The Kier molecular flexibility index (Phi) is 5.64. The fourth-order valence-electron chi connectivity index (χ4n) is 2.10. The first kappa shape index (κ1) is 16.9. The first-order valence-electron chi connectivity index (χ1n) is 7.09. The number of hydrogen-bond acceptors (Lipinski definition) is 3. The minimum atomic E-state index is -1.26. The maximum absolute atomic E-state index is 13.5. The molecule has 1 aromatic carbocycles. The minimum absolute atomic E-state index is 0.0711. The molecule has 2 amide bonds. The zero-order valence-electron chi connectivity index (χ0n) is 12.5. The van der Waals surface area contributed by atoms with Gasteiger partial charge >= 0.3 is 6.03 Å². The number of amides is 2. The van der Waals surface area contributed by atoms with Crippen molar-refractivity contribution in [1.82, 2.24) is 20.2 Å². The van der Waals surface area contributed by atoms with Crippen LogP contribution < -0.4 is 10.6 Å². The van der Waals surface area contributed by atoms with Gasteiger partial charge in [-0.25, -0.2) is 18.6 Å². The molecule has 0 saturated heterocycles.